The fourth-order valence-corrected chi connectivity index (χ4v) is 2.22. The third-order valence-corrected chi connectivity index (χ3v) is 3.43. The minimum atomic E-state index is -0.0244. The molecule has 0 saturated carbocycles. The van der Waals surface area contributed by atoms with Gasteiger partial charge in [-0.3, -0.25) is 0 Å². The van der Waals surface area contributed by atoms with Crippen molar-refractivity contribution >= 4 is 6.03 Å². The van der Waals surface area contributed by atoms with Gasteiger partial charge < -0.3 is 24.1 Å². The van der Waals surface area contributed by atoms with E-state index in [9.17, 15) is 4.79 Å². The second kappa shape index (κ2) is 8.05. The van der Waals surface area contributed by atoms with Crippen LogP contribution >= 0.6 is 0 Å². The van der Waals surface area contributed by atoms with Gasteiger partial charge in [-0.15, -0.1) is 0 Å². The van der Waals surface area contributed by atoms with Crippen LogP contribution in [0.25, 0.3) is 0 Å². The number of ether oxygens (including phenoxy) is 2. The number of nitrogens with zero attached hydrogens (tertiary/aromatic N) is 1. The average Bonchev–Trinajstić information content (AvgIpc) is 2.98. The zero-order valence-corrected chi connectivity index (χ0v) is 12.7. The van der Waals surface area contributed by atoms with E-state index in [0.717, 1.165) is 12.2 Å². The molecule has 21 heavy (non-hydrogen) atoms. The van der Waals surface area contributed by atoms with Gasteiger partial charge in [0.15, 0.2) is 0 Å². The summed E-state index contributed by atoms with van der Waals surface area (Å²) in [5.74, 6) is 0.815. The van der Waals surface area contributed by atoms with Crippen LogP contribution in [0.5, 0.6) is 0 Å². The number of hydrogen-bond acceptors (Lipinski definition) is 4. The van der Waals surface area contributed by atoms with E-state index in [0.29, 0.717) is 32.9 Å². The first-order valence-electron chi connectivity index (χ1n) is 7.43. The van der Waals surface area contributed by atoms with Crippen LogP contribution in [0.2, 0.25) is 0 Å². The molecule has 1 aliphatic heterocycles. The third-order valence-electron chi connectivity index (χ3n) is 3.43. The van der Waals surface area contributed by atoms with Gasteiger partial charge in [0, 0.05) is 19.7 Å². The lowest BCUT2D eigenvalue weighted by atomic mass is 10.2. The molecule has 1 fully saturated rings. The molecule has 6 nitrogen and oxygen atoms in total. The number of rotatable bonds is 6. The van der Waals surface area contributed by atoms with Crippen LogP contribution in [-0.4, -0.2) is 49.4 Å². The molecule has 0 unspecified atom stereocenters. The van der Waals surface area contributed by atoms with Crippen LogP contribution in [0.3, 0.4) is 0 Å². The maximum atomic E-state index is 12.1. The van der Waals surface area contributed by atoms with Gasteiger partial charge in [-0.05, 0) is 32.4 Å². The molecule has 1 aliphatic rings. The number of morpholine rings is 1. The van der Waals surface area contributed by atoms with E-state index in [1.807, 2.05) is 30.9 Å². The molecule has 1 N–H and O–H groups in total. The van der Waals surface area contributed by atoms with Crippen molar-refractivity contribution in [3.05, 3.63) is 24.2 Å². The van der Waals surface area contributed by atoms with Gasteiger partial charge in [0.05, 0.1) is 25.0 Å². The molecule has 1 aromatic rings. The smallest absolute Gasteiger partial charge is 0.317 e. The van der Waals surface area contributed by atoms with Gasteiger partial charge in [0.25, 0.3) is 0 Å². The molecule has 118 valence electrons. The van der Waals surface area contributed by atoms with Crippen molar-refractivity contribution in [2.45, 2.75) is 39.0 Å². The SMILES string of the molecule is C[C@H]1CN(C(=O)NCCCOCc2ccco2)[C@@H](C)CO1. The summed E-state index contributed by atoms with van der Waals surface area (Å²) in [5, 5.41) is 2.93. The Balaban J connectivity index is 1.56. The number of furan rings is 1. The Hall–Kier alpha value is -1.53. The van der Waals surface area contributed by atoms with Gasteiger partial charge in [-0.2, -0.15) is 0 Å². The molecule has 0 aromatic carbocycles. The van der Waals surface area contributed by atoms with Crippen molar-refractivity contribution in [1.29, 1.82) is 0 Å². The maximum Gasteiger partial charge on any atom is 0.317 e. The number of hydrogen-bond donors (Lipinski definition) is 1. The maximum absolute atomic E-state index is 12.1. The fraction of sp³-hybridized carbons (Fsp3) is 0.667. The van der Waals surface area contributed by atoms with Crippen molar-refractivity contribution in [1.82, 2.24) is 10.2 Å². The molecular formula is C15H24N2O4. The van der Waals surface area contributed by atoms with E-state index < -0.39 is 0 Å². The first kappa shape index (κ1) is 15.9. The molecule has 0 spiro atoms. The quantitative estimate of drug-likeness (QED) is 0.816. The highest BCUT2D eigenvalue weighted by atomic mass is 16.5. The summed E-state index contributed by atoms with van der Waals surface area (Å²) in [4.78, 5) is 13.9. The Kier molecular flexibility index (Phi) is 6.07. The number of carbonyl (C=O) groups excluding carboxylic acids is 1. The summed E-state index contributed by atoms with van der Waals surface area (Å²) in [6, 6.07) is 3.81. The predicted octanol–water partition coefficient (Wildman–Crippen LogP) is 2.01. The molecular weight excluding hydrogens is 272 g/mol. The molecule has 6 heteroatoms. The number of carbonyl (C=O) groups is 1. The van der Waals surface area contributed by atoms with E-state index in [1.54, 1.807) is 6.26 Å². The Morgan fingerprint density at radius 3 is 3.14 bits per heavy atom. The lowest BCUT2D eigenvalue weighted by Crippen LogP contribution is -2.53. The van der Waals surface area contributed by atoms with Gasteiger partial charge in [0.1, 0.15) is 12.4 Å². The summed E-state index contributed by atoms with van der Waals surface area (Å²) in [6.07, 6.45) is 2.51. The van der Waals surface area contributed by atoms with Crippen LogP contribution in [0.1, 0.15) is 26.0 Å². The number of urea groups is 1. The topological polar surface area (TPSA) is 63.9 Å². The van der Waals surface area contributed by atoms with E-state index in [-0.39, 0.29) is 18.2 Å². The molecule has 0 radical (unpaired) electrons. The summed E-state index contributed by atoms with van der Waals surface area (Å²) in [7, 11) is 0. The Morgan fingerprint density at radius 1 is 1.52 bits per heavy atom. The zero-order chi connectivity index (χ0) is 15.1. The van der Waals surface area contributed by atoms with Crippen LogP contribution in [0.4, 0.5) is 4.79 Å². The lowest BCUT2D eigenvalue weighted by Gasteiger charge is -2.36. The minimum absolute atomic E-state index is 0.0244. The zero-order valence-electron chi connectivity index (χ0n) is 12.7. The van der Waals surface area contributed by atoms with Crippen molar-refractivity contribution in [3.63, 3.8) is 0 Å². The summed E-state index contributed by atoms with van der Waals surface area (Å²) in [5.41, 5.74) is 0. The van der Waals surface area contributed by atoms with Crippen LogP contribution in [0, 0.1) is 0 Å². The highest BCUT2D eigenvalue weighted by molar-refractivity contribution is 5.74. The van der Waals surface area contributed by atoms with Crippen LogP contribution in [-0.2, 0) is 16.1 Å². The van der Waals surface area contributed by atoms with E-state index in [2.05, 4.69) is 5.32 Å². The predicted molar refractivity (Wildman–Crippen MR) is 78.0 cm³/mol. The number of amides is 2. The Labute approximate surface area is 125 Å². The van der Waals surface area contributed by atoms with Gasteiger partial charge in [0.2, 0.25) is 0 Å². The summed E-state index contributed by atoms with van der Waals surface area (Å²) < 4.78 is 16.1. The molecule has 2 amide bonds. The van der Waals surface area contributed by atoms with Crippen molar-refractivity contribution < 1.29 is 18.7 Å². The summed E-state index contributed by atoms with van der Waals surface area (Å²) in [6.45, 7) is 6.89. The average molecular weight is 296 g/mol. The normalized spacial score (nSPS) is 22.3. The van der Waals surface area contributed by atoms with Crippen molar-refractivity contribution in [2.24, 2.45) is 0 Å². The van der Waals surface area contributed by atoms with E-state index in [4.69, 9.17) is 13.9 Å². The van der Waals surface area contributed by atoms with Crippen molar-refractivity contribution in [3.8, 4) is 0 Å². The Morgan fingerprint density at radius 2 is 2.38 bits per heavy atom. The number of nitrogens with one attached hydrogen (secondary N) is 1. The molecule has 2 rings (SSSR count). The standard InChI is InChI=1S/C15H24N2O4/c1-12-10-21-13(2)9-17(12)15(18)16-6-4-7-19-11-14-5-3-8-20-14/h3,5,8,12-13H,4,6-7,9-11H2,1-2H3,(H,16,18)/t12-,13-/m0/s1. The largest absolute Gasteiger partial charge is 0.467 e. The van der Waals surface area contributed by atoms with Gasteiger partial charge in [-0.1, -0.05) is 0 Å². The monoisotopic (exact) mass is 296 g/mol. The lowest BCUT2D eigenvalue weighted by molar-refractivity contribution is -0.0318. The first-order chi connectivity index (χ1) is 10.2. The van der Waals surface area contributed by atoms with E-state index >= 15 is 0 Å². The minimum Gasteiger partial charge on any atom is -0.467 e. The molecule has 2 atom stereocenters. The second-order valence-electron chi connectivity index (χ2n) is 5.36. The first-order valence-corrected chi connectivity index (χ1v) is 7.43. The second-order valence-corrected chi connectivity index (χ2v) is 5.36. The molecule has 2 heterocycles. The summed E-state index contributed by atoms with van der Waals surface area (Å²) >= 11 is 0. The van der Waals surface area contributed by atoms with Crippen molar-refractivity contribution in [2.75, 3.05) is 26.3 Å². The van der Waals surface area contributed by atoms with Gasteiger partial charge in [-0.25, -0.2) is 4.79 Å². The van der Waals surface area contributed by atoms with Gasteiger partial charge >= 0.3 is 6.03 Å². The Bertz CT molecular complexity index is 421. The van der Waals surface area contributed by atoms with Crippen LogP contribution in [0.15, 0.2) is 22.8 Å². The molecule has 0 aliphatic carbocycles. The third kappa shape index (κ3) is 5.06. The highest BCUT2D eigenvalue weighted by Gasteiger charge is 2.26. The molecule has 1 saturated heterocycles. The fourth-order valence-electron chi connectivity index (χ4n) is 2.22. The highest BCUT2D eigenvalue weighted by Crippen LogP contribution is 2.11. The van der Waals surface area contributed by atoms with E-state index in [1.165, 1.54) is 0 Å². The van der Waals surface area contributed by atoms with Crippen LogP contribution < -0.4 is 5.32 Å². The molecule has 0 bridgehead atoms. The molecule has 1 aromatic heterocycles.